The van der Waals surface area contributed by atoms with Crippen LogP contribution in [0.1, 0.15) is 18.6 Å². The predicted molar refractivity (Wildman–Crippen MR) is 74.7 cm³/mol. The number of aromatic nitrogens is 1. The van der Waals surface area contributed by atoms with E-state index < -0.39 is 0 Å². The van der Waals surface area contributed by atoms with Crippen molar-refractivity contribution < 1.29 is 9.36 Å². The fourth-order valence-corrected chi connectivity index (χ4v) is 2.91. The van der Waals surface area contributed by atoms with Crippen molar-refractivity contribution in [3.63, 3.8) is 0 Å². The molecule has 4 rings (SSSR count). The molecule has 7 heteroatoms. The molecule has 0 saturated carbocycles. The standard InChI is InChI=1S/C12H16ClN3O2.ClH/c13-12-5-11(18-15-12)8-17-14-6-10-7-16-3-1-9(10)2-4-16;/h5-6,9-10H,1-4,7-8H2;1H/b14-6+;. The van der Waals surface area contributed by atoms with Crippen LogP contribution in [0.5, 0.6) is 0 Å². The number of hydrogen-bond acceptors (Lipinski definition) is 5. The third-order valence-electron chi connectivity index (χ3n) is 3.77. The number of piperidine rings is 3. The van der Waals surface area contributed by atoms with Crippen molar-refractivity contribution in [1.29, 1.82) is 0 Å². The average Bonchev–Trinajstić information content (AvgIpc) is 2.82. The Morgan fingerprint density at radius 3 is 2.89 bits per heavy atom. The van der Waals surface area contributed by atoms with Crippen molar-refractivity contribution in [3.8, 4) is 0 Å². The number of fused-ring (bicyclic) bond motifs is 3. The van der Waals surface area contributed by atoms with E-state index in [1.165, 1.54) is 25.9 Å². The summed E-state index contributed by atoms with van der Waals surface area (Å²) in [5, 5.41) is 7.95. The van der Waals surface area contributed by atoms with E-state index in [1.54, 1.807) is 6.07 Å². The van der Waals surface area contributed by atoms with Gasteiger partial charge in [-0.3, -0.25) is 0 Å². The normalized spacial score (nSPS) is 29.4. The summed E-state index contributed by atoms with van der Waals surface area (Å²) in [6, 6.07) is 1.63. The van der Waals surface area contributed by atoms with Crippen LogP contribution in [-0.4, -0.2) is 35.9 Å². The van der Waals surface area contributed by atoms with Crippen LogP contribution in [-0.2, 0) is 11.4 Å². The molecule has 0 aromatic carbocycles. The van der Waals surface area contributed by atoms with Gasteiger partial charge in [-0.2, -0.15) is 0 Å². The molecule has 0 radical (unpaired) electrons. The first-order valence-electron chi connectivity index (χ1n) is 6.30. The molecule has 19 heavy (non-hydrogen) atoms. The second-order valence-electron chi connectivity index (χ2n) is 4.95. The lowest BCUT2D eigenvalue weighted by Gasteiger charge is -2.43. The summed E-state index contributed by atoms with van der Waals surface area (Å²) >= 11 is 5.63. The highest BCUT2D eigenvalue weighted by atomic mass is 35.5. The van der Waals surface area contributed by atoms with E-state index in [-0.39, 0.29) is 19.0 Å². The Balaban J connectivity index is 0.00000133. The largest absolute Gasteiger partial charge is 0.388 e. The number of hydrogen-bond donors (Lipinski definition) is 0. The maximum Gasteiger partial charge on any atom is 0.178 e. The Hall–Kier alpha value is -0.780. The molecule has 0 N–H and O–H groups in total. The number of rotatable bonds is 4. The zero-order chi connectivity index (χ0) is 12.4. The highest BCUT2D eigenvalue weighted by Gasteiger charge is 2.33. The van der Waals surface area contributed by atoms with Crippen LogP contribution in [0.4, 0.5) is 0 Å². The summed E-state index contributed by atoms with van der Waals surface area (Å²) < 4.78 is 4.92. The maximum atomic E-state index is 5.63. The molecule has 106 valence electrons. The lowest BCUT2D eigenvalue weighted by molar-refractivity contribution is 0.0762. The molecule has 5 nitrogen and oxygen atoms in total. The van der Waals surface area contributed by atoms with E-state index in [1.807, 2.05) is 6.21 Å². The van der Waals surface area contributed by atoms with Gasteiger partial charge in [0.05, 0.1) is 0 Å². The summed E-state index contributed by atoms with van der Waals surface area (Å²) in [5.41, 5.74) is 0. The Bertz CT molecular complexity index is 430. The second-order valence-corrected chi connectivity index (χ2v) is 5.33. The molecule has 1 aromatic rings. The average molecular weight is 306 g/mol. The molecular weight excluding hydrogens is 289 g/mol. The molecule has 0 aliphatic carbocycles. The van der Waals surface area contributed by atoms with Gasteiger partial charge in [-0.05, 0) is 31.8 Å². The fourth-order valence-electron chi connectivity index (χ4n) is 2.76. The van der Waals surface area contributed by atoms with Crippen LogP contribution >= 0.6 is 24.0 Å². The van der Waals surface area contributed by atoms with Crippen LogP contribution < -0.4 is 0 Å². The van der Waals surface area contributed by atoms with E-state index in [0.29, 0.717) is 16.8 Å². The van der Waals surface area contributed by atoms with Gasteiger partial charge in [0.2, 0.25) is 0 Å². The molecule has 3 saturated heterocycles. The summed E-state index contributed by atoms with van der Waals surface area (Å²) in [4.78, 5) is 7.69. The second kappa shape index (κ2) is 6.59. The van der Waals surface area contributed by atoms with E-state index in [9.17, 15) is 0 Å². The van der Waals surface area contributed by atoms with Crippen molar-refractivity contribution in [3.05, 3.63) is 17.0 Å². The fraction of sp³-hybridized carbons (Fsp3) is 0.667. The zero-order valence-electron chi connectivity index (χ0n) is 10.5. The van der Waals surface area contributed by atoms with E-state index >= 15 is 0 Å². The zero-order valence-corrected chi connectivity index (χ0v) is 12.1. The van der Waals surface area contributed by atoms with Crippen LogP contribution in [0.2, 0.25) is 5.15 Å². The minimum Gasteiger partial charge on any atom is -0.388 e. The van der Waals surface area contributed by atoms with E-state index in [0.717, 1.165) is 12.5 Å². The molecule has 0 spiro atoms. The third kappa shape index (κ3) is 3.61. The molecule has 1 atom stereocenters. The monoisotopic (exact) mass is 305 g/mol. The summed E-state index contributed by atoms with van der Waals surface area (Å²) in [6.07, 6.45) is 4.51. The molecule has 4 heterocycles. The Labute approximate surface area is 123 Å². The molecule has 2 bridgehead atoms. The lowest BCUT2D eigenvalue weighted by atomic mass is 9.80. The van der Waals surface area contributed by atoms with E-state index in [4.69, 9.17) is 21.0 Å². The smallest absolute Gasteiger partial charge is 0.178 e. The Morgan fingerprint density at radius 1 is 1.53 bits per heavy atom. The SMILES string of the molecule is Cl.Clc1cc(CO/N=C/C2CN3CCC2CC3)on1. The predicted octanol–water partition coefficient (Wildman–Crippen LogP) is 2.59. The van der Waals surface area contributed by atoms with Crippen LogP contribution in [0.25, 0.3) is 0 Å². The van der Waals surface area contributed by atoms with Crippen molar-refractivity contribution >= 4 is 30.2 Å². The topological polar surface area (TPSA) is 50.9 Å². The van der Waals surface area contributed by atoms with Gasteiger partial charge in [-0.15, -0.1) is 12.4 Å². The minimum absolute atomic E-state index is 0. The number of nitrogens with zero attached hydrogens (tertiary/aromatic N) is 3. The van der Waals surface area contributed by atoms with Crippen molar-refractivity contribution in [1.82, 2.24) is 10.1 Å². The highest BCUT2D eigenvalue weighted by molar-refractivity contribution is 6.29. The van der Waals surface area contributed by atoms with Gasteiger partial charge < -0.3 is 14.3 Å². The van der Waals surface area contributed by atoms with Gasteiger partial charge >= 0.3 is 0 Å². The third-order valence-corrected chi connectivity index (χ3v) is 3.95. The highest BCUT2D eigenvalue weighted by Crippen LogP contribution is 2.31. The molecule has 1 unspecified atom stereocenters. The van der Waals surface area contributed by atoms with Gasteiger partial charge in [0.15, 0.2) is 17.5 Å². The quantitative estimate of drug-likeness (QED) is 0.634. The Kier molecular flexibility index (Phi) is 5.07. The summed E-state index contributed by atoms with van der Waals surface area (Å²) in [7, 11) is 0. The number of halogens is 2. The van der Waals surface area contributed by atoms with Crippen LogP contribution in [0.15, 0.2) is 15.7 Å². The molecule has 3 fully saturated rings. The maximum absolute atomic E-state index is 5.63. The van der Waals surface area contributed by atoms with Crippen molar-refractivity contribution in [2.45, 2.75) is 19.4 Å². The molecule has 3 aliphatic heterocycles. The first-order valence-corrected chi connectivity index (χ1v) is 6.68. The van der Waals surface area contributed by atoms with Crippen molar-refractivity contribution in [2.75, 3.05) is 19.6 Å². The first-order chi connectivity index (χ1) is 8.81. The van der Waals surface area contributed by atoms with Gasteiger partial charge in [-0.1, -0.05) is 21.9 Å². The van der Waals surface area contributed by atoms with E-state index in [2.05, 4.69) is 15.2 Å². The van der Waals surface area contributed by atoms with Crippen LogP contribution in [0, 0.1) is 11.8 Å². The van der Waals surface area contributed by atoms with Crippen LogP contribution in [0.3, 0.4) is 0 Å². The molecule has 0 amide bonds. The van der Waals surface area contributed by atoms with Crippen molar-refractivity contribution in [2.24, 2.45) is 17.0 Å². The Morgan fingerprint density at radius 2 is 2.32 bits per heavy atom. The minimum atomic E-state index is 0. The van der Waals surface area contributed by atoms with Gasteiger partial charge in [0, 0.05) is 24.7 Å². The van der Waals surface area contributed by atoms with Gasteiger partial charge in [0.1, 0.15) is 0 Å². The molecule has 3 aliphatic rings. The van der Waals surface area contributed by atoms with Gasteiger partial charge in [-0.25, -0.2) is 0 Å². The summed E-state index contributed by atoms with van der Waals surface area (Å²) in [5.74, 6) is 1.90. The lowest BCUT2D eigenvalue weighted by Crippen LogP contribution is -2.47. The first kappa shape index (κ1) is 14.6. The summed E-state index contributed by atoms with van der Waals surface area (Å²) in [6.45, 7) is 3.88. The molecular formula is C12H17Cl2N3O2. The van der Waals surface area contributed by atoms with Gasteiger partial charge in [0.25, 0.3) is 0 Å². The molecule has 1 aromatic heterocycles. The number of oxime groups is 1.